The van der Waals surface area contributed by atoms with Gasteiger partial charge in [-0.2, -0.15) is 5.26 Å². The molecule has 0 radical (unpaired) electrons. The number of pyridine rings is 1. The molecule has 0 aliphatic carbocycles. The number of rotatable bonds is 4. The number of nitrogens with zero attached hydrogens (tertiary/aromatic N) is 2. The Labute approximate surface area is 106 Å². The molecule has 4 heteroatoms. The molecule has 0 unspecified atom stereocenters. The van der Waals surface area contributed by atoms with Crippen LogP contribution in [0.15, 0.2) is 42.7 Å². The number of nitrogens with two attached hydrogens (primary N) is 1. The SMILES string of the molecule is N#Cc1ccc(NCCc2ccncc2)c(N)c1. The van der Waals surface area contributed by atoms with E-state index in [9.17, 15) is 0 Å². The van der Waals surface area contributed by atoms with Gasteiger partial charge in [-0.15, -0.1) is 0 Å². The molecule has 0 atom stereocenters. The van der Waals surface area contributed by atoms with Crippen LogP contribution in [-0.2, 0) is 6.42 Å². The number of aromatic nitrogens is 1. The van der Waals surface area contributed by atoms with Crippen molar-refractivity contribution >= 4 is 11.4 Å². The number of benzene rings is 1. The lowest BCUT2D eigenvalue weighted by molar-refractivity contribution is 1.01. The first kappa shape index (κ1) is 11.9. The molecule has 2 aromatic rings. The first-order valence-corrected chi connectivity index (χ1v) is 5.72. The zero-order valence-corrected chi connectivity index (χ0v) is 9.93. The molecule has 90 valence electrons. The molecule has 0 fully saturated rings. The summed E-state index contributed by atoms with van der Waals surface area (Å²) in [5.74, 6) is 0. The lowest BCUT2D eigenvalue weighted by atomic mass is 10.1. The van der Waals surface area contributed by atoms with Gasteiger partial charge in [-0.05, 0) is 42.3 Å². The van der Waals surface area contributed by atoms with Crippen molar-refractivity contribution in [2.75, 3.05) is 17.6 Å². The van der Waals surface area contributed by atoms with Crippen molar-refractivity contribution in [3.63, 3.8) is 0 Å². The van der Waals surface area contributed by atoms with Crippen LogP contribution in [0.3, 0.4) is 0 Å². The fourth-order valence-corrected chi connectivity index (χ4v) is 1.68. The molecule has 18 heavy (non-hydrogen) atoms. The van der Waals surface area contributed by atoms with Crippen LogP contribution in [0.2, 0.25) is 0 Å². The highest BCUT2D eigenvalue weighted by molar-refractivity contribution is 5.68. The Morgan fingerprint density at radius 1 is 1.22 bits per heavy atom. The Hall–Kier alpha value is -2.54. The van der Waals surface area contributed by atoms with Gasteiger partial charge in [-0.1, -0.05) is 0 Å². The molecule has 0 spiro atoms. The average molecular weight is 238 g/mol. The Morgan fingerprint density at radius 2 is 2.00 bits per heavy atom. The van der Waals surface area contributed by atoms with Gasteiger partial charge in [0.15, 0.2) is 0 Å². The van der Waals surface area contributed by atoms with Crippen LogP contribution in [0, 0.1) is 11.3 Å². The summed E-state index contributed by atoms with van der Waals surface area (Å²) in [5.41, 5.74) is 9.12. The summed E-state index contributed by atoms with van der Waals surface area (Å²) in [4.78, 5) is 3.97. The molecule has 0 amide bonds. The monoisotopic (exact) mass is 238 g/mol. The molecule has 1 aromatic carbocycles. The standard InChI is InChI=1S/C14H14N4/c15-10-12-1-2-14(13(16)9-12)18-8-5-11-3-6-17-7-4-11/h1-4,6-7,9,18H,5,8,16H2. The topological polar surface area (TPSA) is 74.7 Å². The number of nitrogens with one attached hydrogen (secondary N) is 1. The molecule has 2 rings (SSSR count). The summed E-state index contributed by atoms with van der Waals surface area (Å²) < 4.78 is 0. The summed E-state index contributed by atoms with van der Waals surface area (Å²) >= 11 is 0. The van der Waals surface area contributed by atoms with E-state index in [-0.39, 0.29) is 0 Å². The molecule has 4 nitrogen and oxygen atoms in total. The van der Waals surface area contributed by atoms with Crippen molar-refractivity contribution in [3.05, 3.63) is 53.9 Å². The maximum atomic E-state index is 8.75. The van der Waals surface area contributed by atoms with Gasteiger partial charge in [-0.25, -0.2) is 0 Å². The Bertz CT molecular complexity index is 558. The maximum absolute atomic E-state index is 8.75. The zero-order chi connectivity index (χ0) is 12.8. The Morgan fingerprint density at radius 3 is 2.67 bits per heavy atom. The molecule has 3 N–H and O–H groups in total. The van der Waals surface area contributed by atoms with Gasteiger partial charge >= 0.3 is 0 Å². The Balaban J connectivity index is 1.93. The molecule has 0 saturated heterocycles. The highest BCUT2D eigenvalue weighted by Crippen LogP contribution is 2.19. The molecule has 1 heterocycles. The number of nitriles is 1. The summed E-state index contributed by atoms with van der Waals surface area (Å²) in [6, 6.07) is 11.3. The smallest absolute Gasteiger partial charge is 0.0992 e. The minimum atomic E-state index is 0.576. The lowest BCUT2D eigenvalue weighted by Gasteiger charge is -2.09. The Kier molecular flexibility index (Phi) is 3.77. The van der Waals surface area contributed by atoms with E-state index in [1.165, 1.54) is 5.56 Å². The minimum absolute atomic E-state index is 0.576. The predicted molar refractivity (Wildman–Crippen MR) is 72.0 cm³/mol. The summed E-state index contributed by atoms with van der Waals surface area (Å²) in [6.07, 6.45) is 4.47. The van der Waals surface area contributed by atoms with E-state index < -0.39 is 0 Å². The molecule has 0 aliphatic rings. The number of nitrogen functional groups attached to an aromatic ring is 1. The third-order valence-electron chi connectivity index (χ3n) is 2.66. The molecular weight excluding hydrogens is 224 g/mol. The molecule has 0 aliphatic heterocycles. The van der Waals surface area contributed by atoms with Gasteiger partial charge in [0.25, 0.3) is 0 Å². The van der Waals surface area contributed by atoms with Gasteiger partial charge in [0.2, 0.25) is 0 Å². The van der Waals surface area contributed by atoms with Crippen LogP contribution in [-0.4, -0.2) is 11.5 Å². The first-order chi connectivity index (χ1) is 8.79. The molecule has 0 bridgehead atoms. The van der Waals surface area contributed by atoms with Crippen LogP contribution < -0.4 is 11.1 Å². The minimum Gasteiger partial charge on any atom is -0.397 e. The van der Waals surface area contributed by atoms with Crippen LogP contribution in [0.5, 0.6) is 0 Å². The third-order valence-corrected chi connectivity index (χ3v) is 2.66. The van der Waals surface area contributed by atoms with E-state index >= 15 is 0 Å². The predicted octanol–water partition coefficient (Wildman–Crippen LogP) is 2.19. The largest absolute Gasteiger partial charge is 0.397 e. The normalized spacial score (nSPS) is 9.72. The van der Waals surface area contributed by atoms with E-state index in [1.54, 1.807) is 24.5 Å². The molecule has 0 saturated carbocycles. The van der Waals surface area contributed by atoms with Crippen LogP contribution in [0.25, 0.3) is 0 Å². The van der Waals surface area contributed by atoms with Gasteiger partial charge in [0, 0.05) is 18.9 Å². The summed E-state index contributed by atoms with van der Waals surface area (Å²) in [6.45, 7) is 0.792. The average Bonchev–Trinajstić information content (AvgIpc) is 2.42. The second kappa shape index (κ2) is 5.69. The highest BCUT2D eigenvalue weighted by Gasteiger charge is 2.00. The van der Waals surface area contributed by atoms with Crippen molar-refractivity contribution in [1.29, 1.82) is 5.26 Å². The van der Waals surface area contributed by atoms with E-state index in [4.69, 9.17) is 11.0 Å². The molecule has 1 aromatic heterocycles. The number of hydrogen-bond acceptors (Lipinski definition) is 4. The van der Waals surface area contributed by atoms with Crippen molar-refractivity contribution in [1.82, 2.24) is 4.98 Å². The third kappa shape index (κ3) is 2.98. The van der Waals surface area contributed by atoms with Crippen molar-refractivity contribution in [2.45, 2.75) is 6.42 Å². The van der Waals surface area contributed by atoms with Crippen molar-refractivity contribution < 1.29 is 0 Å². The zero-order valence-electron chi connectivity index (χ0n) is 9.93. The van der Waals surface area contributed by atoms with Crippen molar-refractivity contribution in [3.8, 4) is 6.07 Å². The van der Waals surface area contributed by atoms with Gasteiger partial charge < -0.3 is 11.1 Å². The second-order valence-corrected chi connectivity index (χ2v) is 3.95. The lowest BCUT2D eigenvalue weighted by Crippen LogP contribution is -2.07. The summed E-state index contributed by atoms with van der Waals surface area (Å²) in [7, 11) is 0. The van der Waals surface area contributed by atoms with E-state index in [0.717, 1.165) is 18.7 Å². The van der Waals surface area contributed by atoms with Crippen LogP contribution >= 0.6 is 0 Å². The number of hydrogen-bond donors (Lipinski definition) is 2. The highest BCUT2D eigenvalue weighted by atomic mass is 14.9. The van der Waals surface area contributed by atoms with Crippen LogP contribution in [0.4, 0.5) is 11.4 Å². The van der Waals surface area contributed by atoms with E-state index in [1.807, 2.05) is 18.2 Å². The van der Waals surface area contributed by atoms with E-state index in [0.29, 0.717) is 11.3 Å². The quantitative estimate of drug-likeness (QED) is 0.801. The maximum Gasteiger partial charge on any atom is 0.0992 e. The van der Waals surface area contributed by atoms with Gasteiger partial charge in [-0.3, -0.25) is 4.98 Å². The summed E-state index contributed by atoms with van der Waals surface area (Å²) in [5, 5.41) is 12.0. The fraction of sp³-hybridized carbons (Fsp3) is 0.143. The van der Waals surface area contributed by atoms with E-state index in [2.05, 4.69) is 16.4 Å². The van der Waals surface area contributed by atoms with Gasteiger partial charge in [0.1, 0.15) is 0 Å². The second-order valence-electron chi connectivity index (χ2n) is 3.95. The molecular formula is C14H14N4. The van der Waals surface area contributed by atoms with Crippen LogP contribution in [0.1, 0.15) is 11.1 Å². The first-order valence-electron chi connectivity index (χ1n) is 5.72. The van der Waals surface area contributed by atoms with Crippen molar-refractivity contribution in [2.24, 2.45) is 0 Å². The number of anilines is 2. The van der Waals surface area contributed by atoms with Gasteiger partial charge in [0.05, 0.1) is 23.0 Å². The fourth-order valence-electron chi connectivity index (χ4n) is 1.68.